The maximum absolute atomic E-state index is 13.7. The van der Waals surface area contributed by atoms with Crippen molar-refractivity contribution >= 4 is 51.0 Å². The quantitative estimate of drug-likeness (QED) is 0.0426. The van der Waals surface area contributed by atoms with Crippen molar-refractivity contribution in [1.82, 2.24) is 20.6 Å². The molecule has 5 aromatic rings. The van der Waals surface area contributed by atoms with Gasteiger partial charge in [0.2, 0.25) is 5.91 Å². The maximum Gasteiger partial charge on any atom is 0.252 e. The number of ether oxygens (including phenoxy) is 5. The number of phenolic OH excluding ortho intramolecular Hbond substituents is 2. The highest BCUT2D eigenvalue weighted by Crippen LogP contribution is 2.52. The fraction of sp³-hybridized carbons (Fsp3) is 0.420. The highest BCUT2D eigenvalue weighted by molar-refractivity contribution is 6.30. The average molecular weight is 937 g/mol. The number of nitrogens with zero attached hydrogens (tertiary/aromatic N) is 2. The predicted octanol–water partition coefficient (Wildman–Crippen LogP) is 4.17. The van der Waals surface area contributed by atoms with E-state index in [0.29, 0.717) is 16.5 Å². The molecule has 3 heterocycles. The van der Waals surface area contributed by atoms with Gasteiger partial charge in [0.15, 0.2) is 23.6 Å². The largest absolute Gasteiger partial charge is 0.507 e. The number of amides is 2. The van der Waals surface area contributed by atoms with Gasteiger partial charge in [0.1, 0.15) is 23.2 Å². The molecule has 1 aliphatic heterocycles. The molecule has 3 aliphatic rings. The topological polar surface area (TPSA) is 262 Å². The number of carbonyl (C=O) groups excluding carboxylic acids is 5. The standard InChI is InChI=1S/C48H50N4O14.C2H6/c1-25-42(55)33(52-35(54)11-15-62-17-19-64-20-18-63-16-14-51-47(60)31-21-27-7-5-12-49-40(27)41-28(31)10-6-13-50-41)22-36(65-25)66-34-24-48(61,26(2)53)23-32-37(34)46(59)39-38(45(32)58)43(56)29-8-3-4-9-30(29)44(39)57;1-2/h3-10,12-13,21,25,33-34,36,42,55,58-59,61H,11,14-20,22-24H2,1-2H3,(H,51,60)(H,52,54);1-2H3. The lowest BCUT2D eigenvalue weighted by Crippen LogP contribution is -2.55. The molecular formula is C50H56N4O14. The molecule has 1 saturated heterocycles. The van der Waals surface area contributed by atoms with Crippen LogP contribution in [0, 0.1) is 0 Å². The lowest BCUT2D eigenvalue weighted by Gasteiger charge is -2.42. The Bertz CT molecular complexity index is 2710. The summed E-state index contributed by atoms with van der Waals surface area (Å²) in [7, 11) is 0. The van der Waals surface area contributed by atoms with E-state index in [0.717, 1.165) is 17.8 Å². The average Bonchev–Trinajstić information content (AvgIpc) is 3.33. The summed E-state index contributed by atoms with van der Waals surface area (Å²) in [5.74, 6) is -4.02. The third-order valence-electron chi connectivity index (χ3n) is 12.3. The summed E-state index contributed by atoms with van der Waals surface area (Å²) in [5, 5.41) is 52.9. The molecule has 18 nitrogen and oxygen atoms in total. The van der Waals surface area contributed by atoms with Crippen LogP contribution in [0.5, 0.6) is 11.5 Å². The summed E-state index contributed by atoms with van der Waals surface area (Å²) in [6, 6.07) is 14.2. The molecule has 2 amide bonds. The van der Waals surface area contributed by atoms with Crippen LogP contribution in [-0.4, -0.2) is 136 Å². The number of rotatable bonds is 17. The second kappa shape index (κ2) is 21.8. The predicted molar refractivity (Wildman–Crippen MR) is 246 cm³/mol. The Hall–Kier alpha value is -6.25. The number of hydrogen-bond acceptors (Lipinski definition) is 16. The number of fused-ring (bicyclic) bond motifs is 6. The van der Waals surface area contributed by atoms with Crippen molar-refractivity contribution in [2.24, 2.45) is 0 Å². The fourth-order valence-electron chi connectivity index (χ4n) is 8.81. The number of phenols is 2. The first-order valence-electron chi connectivity index (χ1n) is 22.7. The van der Waals surface area contributed by atoms with Gasteiger partial charge in [0.05, 0.1) is 80.1 Å². The van der Waals surface area contributed by atoms with Crippen molar-refractivity contribution in [1.29, 1.82) is 0 Å². The lowest BCUT2D eigenvalue weighted by molar-refractivity contribution is -0.249. The summed E-state index contributed by atoms with van der Waals surface area (Å²) >= 11 is 0. The van der Waals surface area contributed by atoms with Gasteiger partial charge in [-0.1, -0.05) is 50.2 Å². The van der Waals surface area contributed by atoms with Crippen LogP contribution in [0.3, 0.4) is 0 Å². The number of benzene rings is 3. The van der Waals surface area contributed by atoms with Crippen LogP contribution in [0.25, 0.3) is 21.8 Å². The van der Waals surface area contributed by atoms with Crippen molar-refractivity contribution in [2.45, 2.75) is 89.6 Å². The lowest BCUT2D eigenvalue weighted by atomic mass is 9.72. The summed E-state index contributed by atoms with van der Waals surface area (Å²) in [6.07, 6.45) is -2.17. The van der Waals surface area contributed by atoms with Crippen molar-refractivity contribution in [3.05, 3.63) is 106 Å². The van der Waals surface area contributed by atoms with Crippen LogP contribution in [-0.2, 0) is 39.7 Å². The molecule has 3 aromatic carbocycles. The summed E-state index contributed by atoms with van der Waals surface area (Å²) in [4.78, 5) is 74.9. The number of aromatic nitrogens is 2. The Balaban J connectivity index is 0.00000338. The molecule has 68 heavy (non-hydrogen) atoms. The molecule has 360 valence electrons. The first-order valence-corrected chi connectivity index (χ1v) is 22.7. The minimum atomic E-state index is -2.09. The molecule has 6 atom stereocenters. The summed E-state index contributed by atoms with van der Waals surface area (Å²) in [6.45, 7) is 8.36. The van der Waals surface area contributed by atoms with E-state index in [1.807, 2.05) is 32.0 Å². The number of carbonyl (C=O) groups is 5. The summed E-state index contributed by atoms with van der Waals surface area (Å²) < 4.78 is 28.9. The van der Waals surface area contributed by atoms with Gasteiger partial charge in [-0.05, 0) is 32.0 Å². The van der Waals surface area contributed by atoms with Gasteiger partial charge in [-0.15, -0.1) is 0 Å². The molecule has 8 rings (SSSR count). The van der Waals surface area contributed by atoms with E-state index in [1.165, 1.54) is 12.1 Å². The third-order valence-corrected chi connectivity index (χ3v) is 12.3. The van der Waals surface area contributed by atoms with Gasteiger partial charge in [0, 0.05) is 83.2 Å². The number of aliphatic hydroxyl groups excluding tert-OH is 1. The van der Waals surface area contributed by atoms with Crippen molar-refractivity contribution in [3.63, 3.8) is 0 Å². The van der Waals surface area contributed by atoms with E-state index >= 15 is 0 Å². The molecule has 18 heteroatoms. The molecular weight excluding hydrogens is 881 g/mol. The Morgan fingerprint density at radius 3 is 2.13 bits per heavy atom. The number of nitrogens with one attached hydrogen (secondary N) is 2. The van der Waals surface area contributed by atoms with Crippen molar-refractivity contribution in [3.8, 4) is 11.5 Å². The smallest absolute Gasteiger partial charge is 0.252 e. The minimum absolute atomic E-state index is 0.0333. The first-order chi connectivity index (χ1) is 32.8. The van der Waals surface area contributed by atoms with E-state index in [2.05, 4.69) is 20.6 Å². The number of ketones is 3. The monoisotopic (exact) mass is 936 g/mol. The van der Waals surface area contributed by atoms with E-state index in [1.54, 1.807) is 43.6 Å². The molecule has 2 aromatic heterocycles. The van der Waals surface area contributed by atoms with Crippen LogP contribution in [0.1, 0.15) is 106 Å². The second-order valence-corrected chi connectivity index (χ2v) is 16.5. The van der Waals surface area contributed by atoms with Gasteiger partial charge in [-0.25, -0.2) is 0 Å². The normalized spacial score (nSPS) is 21.8. The Labute approximate surface area is 391 Å². The maximum atomic E-state index is 13.7. The van der Waals surface area contributed by atoms with E-state index in [4.69, 9.17) is 23.7 Å². The van der Waals surface area contributed by atoms with Gasteiger partial charge in [-0.2, -0.15) is 0 Å². The van der Waals surface area contributed by atoms with E-state index in [-0.39, 0.29) is 87.2 Å². The number of hydrogen-bond donors (Lipinski definition) is 6. The molecule has 6 unspecified atom stereocenters. The molecule has 0 spiro atoms. The third kappa shape index (κ3) is 10.3. The SMILES string of the molecule is CC.CC(=O)C1(O)Cc2c(O)c3c(c(O)c2C(OC2CC(NC(=O)CCOCCOCCOCCNC(=O)c4cc5cccnc5c5ncccc45)C(O)C(C)O2)C1)C(=O)c1ccccc1C3=O. The van der Waals surface area contributed by atoms with Crippen LogP contribution in [0.15, 0.2) is 67.0 Å². The molecule has 0 radical (unpaired) electrons. The van der Waals surface area contributed by atoms with Crippen LogP contribution in [0.2, 0.25) is 0 Å². The number of pyridine rings is 2. The van der Waals surface area contributed by atoms with Gasteiger partial charge in [-0.3, -0.25) is 33.9 Å². The Kier molecular flexibility index (Phi) is 15.9. The number of aliphatic hydroxyl groups is 2. The van der Waals surface area contributed by atoms with Gasteiger partial charge < -0.3 is 54.7 Å². The van der Waals surface area contributed by atoms with Crippen LogP contribution >= 0.6 is 0 Å². The minimum Gasteiger partial charge on any atom is -0.507 e. The zero-order chi connectivity index (χ0) is 48.7. The molecule has 6 N–H and O–H groups in total. The van der Waals surface area contributed by atoms with Crippen molar-refractivity contribution < 1.29 is 68.1 Å². The van der Waals surface area contributed by atoms with Crippen LogP contribution < -0.4 is 10.6 Å². The first kappa shape index (κ1) is 49.6. The van der Waals surface area contributed by atoms with E-state index < -0.39 is 95.0 Å². The summed E-state index contributed by atoms with van der Waals surface area (Å²) in [5.41, 5.74) is -1.20. The molecule has 0 saturated carbocycles. The fourth-order valence-corrected chi connectivity index (χ4v) is 8.81. The zero-order valence-electron chi connectivity index (χ0n) is 38.3. The second-order valence-electron chi connectivity index (χ2n) is 16.5. The highest BCUT2D eigenvalue weighted by atomic mass is 16.7. The Morgan fingerprint density at radius 1 is 0.838 bits per heavy atom. The zero-order valence-corrected chi connectivity index (χ0v) is 38.3. The Morgan fingerprint density at radius 2 is 1.46 bits per heavy atom. The highest BCUT2D eigenvalue weighted by Gasteiger charge is 2.49. The molecule has 2 aliphatic carbocycles. The van der Waals surface area contributed by atoms with Gasteiger partial charge >= 0.3 is 0 Å². The number of Topliss-reactive ketones (excluding diaryl/α,β-unsaturated/α-hetero) is 1. The number of aromatic hydroxyl groups is 2. The van der Waals surface area contributed by atoms with E-state index in [9.17, 15) is 44.4 Å². The van der Waals surface area contributed by atoms with Gasteiger partial charge in [0.25, 0.3) is 5.91 Å². The molecule has 0 bridgehead atoms. The molecule has 1 fully saturated rings. The van der Waals surface area contributed by atoms with Crippen LogP contribution in [0.4, 0.5) is 0 Å². The van der Waals surface area contributed by atoms with Crippen molar-refractivity contribution in [2.75, 3.05) is 46.2 Å².